The first-order valence-electron chi connectivity index (χ1n) is 9.62. The van der Waals surface area contributed by atoms with Gasteiger partial charge in [-0.05, 0) is 54.4 Å². The van der Waals surface area contributed by atoms with Gasteiger partial charge in [-0.15, -0.1) is 0 Å². The van der Waals surface area contributed by atoms with Crippen LogP contribution in [0.15, 0.2) is 75.3 Å². The summed E-state index contributed by atoms with van der Waals surface area (Å²) < 4.78 is 11.6. The van der Waals surface area contributed by atoms with Gasteiger partial charge in [0.25, 0.3) is 11.7 Å². The summed E-state index contributed by atoms with van der Waals surface area (Å²) in [6, 6.07) is 15.0. The second-order valence-corrected chi connectivity index (χ2v) is 8.11. The number of aliphatic hydroxyl groups excluding tert-OH is 1. The number of carbonyl (C=O) groups is 2. The highest BCUT2D eigenvalue weighted by atomic mass is 79.9. The van der Waals surface area contributed by atoms with Crippen molar-refractivity contribution in [3.05, 3.63) is 93.4 Å². The average Bonchev–Trinajstić information content (AvgIpc) is 3.38. The van der Waals surface area contributed by atoms with E-state index in [9.17, 15) is 14.7 Å². The number of hydrogen-bond acceptors (Lipinski definition) is 5. The van der Waals surface area contributed by atoms with Crippen LogP contribution in [0.4, 0.5) is 0 Å². The highest BCUT2D eigenvalue weighted by Gasteiger charge is 2.47. The average molecular weight is 482 g/mol. The lowest BCUT2D eigenvalue weighted by Gasteiger charge is -2.23. The van der Waals surface area contributed by atoms with E-state index >= 15 is 0 Å². The molecule has 1 aromatic heterocycles. The summed E-state index contributed by atoms with van der Waals surface area (Å²) in [6.07, 6.45) is 1.48. The number of methoxy groups -OCH3 is 1. The van der Waals surface area contributed by atoms with Gasteiger partial charge in [-0.25, -0.2) is 0 Å². The van der Waals surface area contributed by atoms with Crippen LogP contribution in [0.1, 0.15) is 28.5 Å². The van der Waals surface area contributed by atoms with Crippen molar-refractivity contribution in [3.63, 3.8) is 0 Å². The van der Waals surface area contributed by atoms with Crippen molar-refractivity contribution in [2.24, 2.45) is 0 Å². The monoisotopic (exact) mass is 481 g/mol. The molecule has 31 heavy (non-hydrogen) atoms. The normalized spacial score (nSPS) is 17.9. The molecular formula is C24H20BrNO5. The van der Waals surface area contributed by atoms with Crippen molar-refractivity contribution < 1.29 is 23.8 Å². The standard InChI is InChI=1S/C24H20BrNO5/c1-14-12-16(7-10-18(14)25)22(27)20-21(19-4-3-11-31-19)26(24(29)23(20)28)13-15-5-8-17(30-2)9-6-15/h3-12,21,27H,13H2,1-2H3/b22-20-. The van der Waals surface area contributed by atoms with Crippen LogP contribution in [0.25, 0.3) is 5.76 Å². The first-order valence-corrected chi connectivity index (χ1v) is 10.4. The molecule has 2 aromatic carbocycles. The Morgan fingerprint density at radius 2 is 1.90 bits per heavy atom. The maximum atomic E-state index is 13.0. The summed E-state index contributed by atoms with van der Waals surface area (Å²) in [5, 5.41) is 11.1. The molecule has 1 saturated heterocycles. The van der Waals surface area contributed by atoms with E-state index in [0.29, 0.717) is 17.1 Å². The van der Waals surface area contributed by atoms with Crippen LogP contribution in [0.5, 0.6) is 5.75 Å². The first kappa shape index (κ1) is 20.9. The van der Waals surface area contributed by atoms with Crippen molar-refractivity contribution in [2.45, 2.75) is 19.5 Å². The highest BCUT2D eigenvalue weighted by molar-refractivity contribution is 9.10. The third-order valence-corrected chi connectivity index (χ3v) is 6.19. The van der Waals surface area contributed by atoms with Crippen LogP contribution in [-0.4, -0.2) is 28.8 Å². The minimum Gasteiger partial charge on any atom is -0.507 e. The van der Waals surface area contributed by atoms with Gasteiger partial charge >= 0.3 is 0 Å². The van der Waals surface area contributed by atoms with Crippen LogP contribution < -0.4 is 4.74 Å². The molecule has 4 rings (SSSR count). The van der Waals surface area contributed by atoms with Gasteiger partial charge in [0, 0.05) is 16.6 Å². The summed E-state index contributed by atoms with van der Waals surface area (Å²) in [6.45, 7) is 2.06. The number of rotatable bonds is 5. The zero-order valence-corrected chi connectivity index (χ0v) is 18.5. The number of furan rings is 1. The fraction of sp³-hybridized carbons (Fsp3) is 0.167. The summed E-state index contributed by atoms with van der Waals surface area (Å²) >= 11 is 3.43. The van der Waals surface area contributed by atoms with Crippen LogP contribution in [0.2, 0.25) is 0 Å². The molecular weight excluding hydrogens is 462 g/mol. The number of halogens is 1. The van der Waals surface area contributed by atoms with Crippen LogP contribution in [0, 0.1) is 6.92 Å². The van der Waals surface area contributed by atoms with Gasteiger partial charge in [0.2, 0.25) is 0 Å². The Hall–Kier alpha value is -3.32. The van der Waals surface area contributed by atoms with Crippen molar-refractivity contribution in [1.29, 1.82) is 0 Å². The van der Waals surface area contributed by atoms with Crippen LogP contribution in [-0.2, 0) is 16.1 Å². The maximum absolute atomic E-state index is 13.0. The predicted octanol–water partition coefficient (Wildman–Crippen LogP) is 4.98. The number of likely N-dealkylation sites (tertiary alicyclic amines) is 1. The molecule has 1 amide bonds. The van der Waals surface area contributed by atoms with Crippen LogP contribution in [0.3, 0.4) is 0 Å². The van der Waals surface area contributed by atoms with Gasteiger partial charge in [-0.1, -0.05) is 34.1 Å². The Labute approximate surface area is 187 Å². The minimum absolute atomic E-state index is 0.00943. The first-order chi connectivity index (χ1) is 14.9. The Morgan fingerprint density at radius 3 is 2.52 bits per heavy atom. The minimum atomic E-state index is -0.832. The fourth-order valence-corrected chi connectivity index (χ4v) is 3.91. The molecule has 7 heteroatoms. The van der Waals surface area contributed by atoms with E-state index in [1.807, 2.05) is 19.1 Å². The van der Waals surface area contributed by atoms with E-state index in [0.717, 1.165) is 15.6 Å². The number of hydrogen-bond donors (Lipinski definition) is 1. The van der Waals surface area contributed by atoms with Gasteiger partial charge in [0.15, 0.2) is 0 Å². The lowest BCUT2D eigenvalue weighted by Crippen LogP contribution is -2.29. The molecule has 0 bridgehead atoms. The van der Waals surface area contributed by atoms with Gasteiger partial charge in [0.1, 0.15) is 23.3 Å². The molecule has 1 atom stereocenters. The van der Waals surface area contributed by atoms with E-state index in [2.05, 4.69) is 15.9 Å². The van der Waals surface area contributed by atoms with E-state index < -0.39 is 17.7 Å². The van der Waals surface area contributed by atoms with Gasteiger partial charge in [0.05, 0.1) is 18.9 Å². The quantitative estimate of drug-likeness (QED) is 0.315. The number of ether oxygens (including phenoxy) is 1. The number of amides is 1. The lowest BCUT2D eigenvalue weighted by atomic mass is 9.98. The zero-order valence-electron chi connectivity index (χ0n) is 17.0. The molecule has 0 radical (unpaired) electrons. The second kappa shape index (κ2) is 8.43. The zero-order chi connectivity index (χ0) is 22.1. The predicted molar refractivity (Wildman–Crippen MR) is 118 cm³/mol. The molecule has 1 aliphatic rings. The second-order valence-electron chi connectivity index (χ2n) is 7.25. The molecule has 0 saturated carbocycles. The molecule has 1 unspecified atom stereocenters. The number of Topliss-reactive ketones (excluding diaryl/α,β-unsaturated/α-hetero) is 1. The number of aliphatic hydroxyl groups is 1. The summed E-state index contributed by atoms with van der Waals surface area (Å²) in [7, 11) is 1.58. The van der Waals surface area contributed by atoms with Gasteiger partial charge in [-0.3, -0.25) is 9.59 Å². The van der Waals surface area contributed by atoms with E-state index in [-0.39, 0.29) is 17.9 Å². The van der Waals surface area contributed by atoms with Crippen molar-refractivity contribution in [1.82, 2.24) is 4.90 Å². The SMILES string of the molecule is COc1ccc(CN2C(=O)C(=O)/C(=C(\O)c3ccc(Br)c(C)c3)C2c2ccco2)cc1. The van der Waals surface area contributed by atoms with E-state index in [4.69, 9.17) is 9.15 Å². The largest absolute Gasteiger partial charge is 0.507 e. The Balaban J connectivity index is 1.80. The number of benzene rings is 2. The third kappa shape index (κ3) is 3.88. The molecule has 0 spiro atoms. The smallest absolute Gasteiger partial charge is 0.296 e. The highest BCUT2D eigenvalue weighted by Crippen LogP contribution is 2.40. The number of aryl methyl sites for hydroxylation is 1. The number of nitrogens with zero attached hydrogens (tertiary/aromatic N) is 1. The van der Waals surface area contributed by atoms with E-state index in [1.165, 1.54) is 11.2 Å². The number of carbonyl (C=O) groups excluding carboxylic acids is 2. The van der Waals surface area contributed by atoms with Gasteiger partial charge in [-0.2, -0.15) is 0 Å². The molecule has 3 aromatic rings. The third-order valence-electron chi connectivity index (χ3n) is 5.30. The molecule has 0 aliphatic carbocycles. The van der Waals surface area contributed by atoms with Crippen LogP contribution >= 0.6 is 15.9 Å². The molecule has 158 valence electrons. The topological polar surface area (TPSA) is 80.0 Å². The summed E-state index contributed by atoms with van der Waals surface area (Å²) in [5.74, 6) is -0.560. The Bertz CT molecular complexity index is 1170. The summed E-state index contributed by atoms with van der Waals surface area (Å²) in [5.41, 5.74) is 2.18. The molecule has 1 fully saturated rings. The Morgan fingerprint density at radius 1 is 1.16 bits per heavy atom. The molecule has 6 nitrogen and oxygen atoms in total. The van der Waals surface area contributed by atoms with Crippen molar-refractivity contribution in [2.75, 3.05) is 7.11 Å². The molecule has 1 N–H and O–H groups in total. The van der Waals surface area contributed by atoms with Crippen molar-refractivity contribution in [3.8, 4) is 5.75 Å². The van der Waals surface area contributed by atoms with E-state index in [1.54, 1.807) is 49.6 Å². The van der Waals surface area contributed by atoms with Crippen molar-refractivity contribution >= 4 is 33.4 Å². The van der Waals surface area contributed by atoms with Gasteiger partial charge < -0.3 is 19.2 Å². The lowest BCUT2D eigenvalue weighted by molar-refractivity contribution is -0.140. The molecule has 1 aliphatic heterocycles. The number of ketones is 1. The fourth-order valence-electron chi connectivity index (χ4n) is 3.66. The maximum Gasteiger partial charge on any atom is 0.296 e. The molecule has 2 heterocycles. The summed E-state index contributed by atoms with van der Waals surface area (Å²) in [4.78, 5) is 27.4. The Kier molecular flexibility index (Phi) is 5.69.